The van der Waals surface area contributed by atoms with Crippen molar-refractivity contribution in [2.45, 2.75) is 31.5 Å². The smallest absolute Gasteiger partial charge is 0.254 e. The van der Waals surface area contributed by atoms with Crippen molar-refractivity contribution in [3.05, 3.63) is 35.4 Å². The molecule has 0 aliphatic carbocycles. The number of hydrogen-bond donors (Lipinski definition) is 2. The zero-order chi connectivity index (χ0) is 13.4. The lowest BCUT2D eigenvalue weighted by atomic mass is 9.95. The number of benzene rings is 1. The van der Waals surface area contributed by atoms with Gasteiger partial charge in [0.05, 0.1) is 11.0 Å². The van der Waals surface area contributed by atoms with Crippen LogP contribution in [0.1, 0.15) is 28.8 Å². The molecule has 0 saturated carbocycles. The van der Waals surface area contributed by atoms with Gasteiger partial charge in [-0.15, -0.1) is 0 Å². The van der Waals surface area contributed by atoms with Gasteiger partial charge in [0.2, 0.25) is 0 Å². The maximum Gasteiger partial charge on any atom is 0.254 e. The van der Waals surface area contributed by atoms with E-state index in [1.54, 1.807) is 4.90 Å². The molecule has 2 unspecified atom stereocenters. The van der Waals surface area contributed by atoms with Gasteiger partial charge < -0.3 is 15.3 Å². The zero-order valence-electron chi connectivity index (χ0n) is 10.5. The highest BCUT2D eigenvalue weighted by atomic mass is 32.1. The minimum Gasteiger partial charge on any atom is -0.372 e. The van der Waals surface area contributed by atoms with Crippen LogP contribution in [0.15, 0.2) is 24.3 Å². The molecule has 1 saturated heterocycles. The summed E-state index contributed by atoms with van der Waals surface area (Å²) in [7, 11) is 0. The molecule has 2 aliphatic rings. The number of amides is 1. The SMILES string of the molecule is O=C1c2ccccc2CCN1C1CCC(=S)NC1O. The van der Waals surface area contributed by atoms with E-state index in [2.05, 4.69) is 5.32 Å². The van der Waals surface area contributed by atoms with E-state index < -0.39 is 6.23 Å². The van der Waals surface area contributed by atoms with E-state index in [0.717, 1.165) is 30.4 Å². The third-order valence-electron chi connectivity index (χ3n) is 3.87. The first-order chi connectivity index (χ1) is 9.16. The summed E-state index contributed by atoms with van der Waals surface area (Å²) < 4.78 is 0. The molecule has 1 fully saturated rings. The van der Waals surface area contributed by atoms with Crippen molar-refractivity contribution >= 4 is 23.1 Å². The van der Waals surface area contributed by atoms with Gasteiger partial charge in [-0.1, -0.05) is 30.4 Å². The van der Waals surface area contributed by atoms with Crippen LogP contribution in [0.25, 0.3) is 0 Å². The van der Waals surface area contributed by atoms with Gasteiger partial charge in [0.25, 0.3) is 5.91 Å². The molecular formula is C14H16N2O2S. The summed E-state index contributed by atoms with van der Waals surface area (Å²) in [4.78, 5) is 15.0. The first-order valence-corrected chi connectivity index (χ1v) is 6.94. The second-order valence-corrected chi connectivity index (χ2v) is 5.52. The van der Waals surface area contributed by atoms with Gasteiger partial charge in [-0.25, -0.2) is 0 Å². The molecule has 2 heterocycles. The standard InChI is InChI=1S/C14H16N2O2S/c17-13-11(5-6-12(19)15-13)16-8-7-9-3-1-2-4-10(9)14(16)18/h1-4,11,13,17H,5-8H2,(H,15,19). The minimum atomic E-state index is -0.754. The summed E-state index contributed by atoms with van der Waals surface area (Å²) in [5.74, 6) is 0.0144. The third kappa shape index (κ3) is 2.24. The maximum atomic E-state index is 12.5. The lowest BCUT2D eigenvalue weighted by molar-refractivity contribution is 0.0216. The predicted octanol–water partition coefficient (Wildman–Crippen LogP) is 1.08. The van der Waals surface area contributed by atoms with Crippen LogP contribution in [0.5, 0.6) is 0 Å². The summed E-state index contributed by atoms with van der Waals surface area (Å²) in [5, 5.41) is 12.9. The number of nitrogens with zero attached hydrogens (tertiary/aromatic N) is 1. The Morgan fingerprint density at radius 1 is 1.32 bits per heavy atom. The molecule has 0 bridgehead atoms. The Balaban J connectivity index is 1.84. The summed E-state index contributed by atoms with van der Waals surface area (Å²) in [6, 6.07) is 7.50. The normalized spacial score (nSPS) is 26.9. The molecule has 0 radical (unpaired) electrons. The maximum absolute atomic E-state index is 12.5. The molecule has 1 amide bonds. The van der Waals surface area contributed by atoms with Crippen molar-refractivity contribution in [3.63, 3.8) is 0 Å². The van der Waals surface area contributed by atoms with Crippen LogP contribution in [-0.2, 0) is 6.42 Å². The van der Waals surface area contributed by atoms with Crippen LogP contribution >= 0.6 is 12.2 Å². The number of piperidine rings is 1. The van der Waals surface area contributed by atoms with Crippen molar-refractivity contribution in [1.29, 1.82) is 0 Å². The molecular weight excluding hydrogens is 260 g/mol. The fraction of sp³-hybridized carbons (Fsp3) is 0.429. The van der Waals surface area contributed by atoms with E-state index in [0.29, 0.717) is 11.5 Å². The molecule has 1 aromatic carbocycles. The molecule has 1 aromatic rings. The number of carbonyl (C=O) groups is 1. The average Bonchev–Trinajstić information content (AvgIpc) is 2.41. The minimum absolute atomic E-state index is 0.0144. The largest absolute Gasteiger partial charge is 0.372 e. The number of thiocarbonyl (C=S) groups is 1. The Hall–Kier alpha value is -1.46. The number of aliphatic hydroxyl groups is 1. The van der Waals surface area contributed by atoms with Crippen LogP contribution in [-0.4, -0.2) is 39.7 Å². The monoisotopic (exact) mass is 276 g/mol. The predicted molar refractivity (Wildman–Crippen MR) is 75.9 cm³/mol. The Bertz CT molecular complexity index is 532. The fourth-order valence-electron chi connectivity index (χ4n) is 2.86. The van der Waals surface area contributed by atoms with Crippen molar-refractivity contribution in [2.75, 3.05) is 6.54 Å². The molecule has 4 nitrogen and oxygen atoms in total. The van der Waals surface area contributed by atoms with Gasteiger partial charge >= 0.3 is 0 Å². The lowest BCUT2D eigenvalue weighted by Gasteiger charge is -2.40. The first kappa shape index (κ1) is 12.6. The highest BCUT2D eigenvalue weighted by molar-refractivity contribution is 7.80. The Morgan fingerprint density at radius 3 is 2.89 bits per heavy atom. The number of nitrogens with one attached hydrogen (secondary N) is 1. The van der Waals surface area contributed by atoms with Gasteiger partial charge in [-0.2, -0.15) is 0 Å². The molecule has 0 spiro atoms. The number of fused-ring (bicyclic) bond motifs is 1. The molecule has 2 aliphatic heterocycles. The highest BCUT2D eigenvalue weighted by Gasteiger charge is 2.35. The second kappa shape index (κ2) is 4.90. The van der Waals surface area contributed by atoms with Crippen molar-refractivity contribution in [2.24, 2.45) is 0 Å². The fourth-order valence-corrected chi connectivity index (χ4v) is 3.10. The molecule has 5 heteroatoms. The Kier molecular flexibility index (Phi) is 3.24. The first-order valence-electron chi connectivity index (χ1n) is 6.53. The van der Waals surface area contributed by atoms with Gasteiger partial charge in [-0.05, 0) is 30.9 Å². The topological polar surface area (TPSA) is 52.6 Å². The molecule has 2 atom stereocenters. The molecule has 0 aromatic heterocycles. The molecule has 2 N–H and O–H groups in total. The van der Waals surface area contributed by atoms with Crippen molar-refractivity contribution < 1.29 is 9.90 Å². The van der Waals surface area contributed by atoms with Crippen LogP contribution < -0.4 is 5.32 Å². The Labute approximate surface area is 117 Å². The quantitative estimate of drug-likeness (QED) is 0.754. The molecule has 100 valence electrons. The van der Waals surface area contributed by atoms with Crippen molar-refractivity contribution in [1.82, 2.24) is 10.2 Å². The van der Waals surface area contributed by atoms with Gasteiger partial charge in [0, 0.05) is 12.1 Å². The van der Waals surface area contributed by atoms with E-state index in [1.807, 2.05) is 24.3 Å². The van der Waals surface area contributed by atoms with E-state index in [1.165, 1.54) is 0 Å². The Morgan fingerprint density at radius 2 is 2.11 bits per heavy atom. The van der Waals surface area contributed by atoms with Crippen molar-refractivity contribution in [3.8, 4) is 0 Å². The lowest BCUT2D eigenvalue weighted by Crippen LogP contribution is -2.58. The third-order valence-corrected chi connectivity index (χ3v) is 4.19. The van der Waals surface area contributed by atoms with Gasteiger partial charge in [-0.3, -0.25) is 4.79 Å². The summed E-state index contributed by atoms with van der Waals surface area (Å²) >= 11 is 5.06. The highest BCUT2D eigenvalue weighted by Crippen LogP contribution is 2.24. The van der Waals surface area contributed by atoms with E-state index in [4.69, 9.17) is 12.2 Å². The van der Waals surface area contributed by atoms with E-state index >= 15 is 0 Å². The summed E-state index contributed by atoms with van der Waals surface area (Å²) in [6.07, 6.45) is 1.54. The van der Waals surface area contributed by atoms with Gasteiger partial charge in [0.1, 0.15) is 6.23 Å². The molecule has 19 heavy (non-hydrogen) atoms. The zero-order valence-corrected chi connectivity index (χ0v) is 11.3. The van der Waals surface area contributed by atoms with E-state index in [-0.39, 0.29) is 11.9 Å². The van der Waals surface area contributed by atoms with Gasteiger partial charge in [0.15, 0.2) is 0 Å². The van der Waals surface area contributed by atoms with Crippen LogP contribution in [0.4, 0.5) is 0 Å². The molecule has 3 rings (SSSR count). The number of rotatable bonds is 1. The second-order valence-electron chi connectivity index (χ2n) is 5.02. The number of aliphatic hydroxyl groups excluding tert-OH is 1. The number of hydrogen-bond acceptors (Lipinski definition) is 3. The number of carbonyl (C=O) groups excluding carboxylic acids is 1. The van der Waals surface area contributed by atoms with E-state index in [9.17, 15) is 9.90 Å². The summed E-state index contributed by atoms with van der Waals surface area (Å²) in [6.45, 7) is 0.659. The van der Waals surface area contributed by atoms with Crippen LogP contribution in [0.3, 0.4) is 0 Å². The van der Waals surface area contributed by atoms with Crippen LogP contribution in [0, 0.1) is 0 Å². The average molecular weight is 276 g/mol. The summed E-state index contributed by atoms with van der Waals surface area (Å²) in [5.41, 5.74) is 1.85. The van der Waals surface area contributed by atoms with Crippen LogP contribution in [0.2, 0.25) is 0 Å².